The van der Waals surface area contributed by atoms with Crippen LogP contribution in [0, 0.1) is 5.92 Å². The number of nitrogens with zero attached hydrogens (tertiary/aromatic N) is 1. The van der Waals surface area contributed by atoms with E-state index in [9.17, 15) is 4.39 Å². The summed E-state index contributed by atoms with van der Waals surface area (Å²) in [5.74, 6) is 5.82. The first-order chi connectivity index (χ1) is 4.18. The number of hydrazine groups is 1. The minimum Gasteiger partial charge on any atom is -0.269 e. The lowest BCUT2D eigenvalue weighted by Gasteiger charge is -2.29. The van der Waals surface area contributed by atoms with Crippen molar-refractivity contribution in [3.05, 3.63) is 0 Å². The predicted octanol–water partition coefficient (Wildman–Crippen LogP) is 0.540. The number of piperidine rings is 1. The van der Waals surface area contributed by atoms with Crippen molar-refractivity contribution in [1.29, 1.82) is 0 Å². The first kappa shape index (κ1) is 6.96. The zero-order chi connectivity index (χ0) is 6.85. The van der Waals surface area contributed by atoms with Gasteiger partial charge in [0.25, 0.3) is 0 Å². The van der Waals surface area contributed by atoms with Crippen LogP contribution in [0.25, 0.3) is 0 Å². The third kappa shape index (κ3) is 1.91. The van der Waals surface area contributed by atoms with Gasteiger partial charge < -0.3 is 0 Å². The Bertz CT molecular complexity index is 72.0. The maximum Gasteiger partial charge on any atom is 0.114 e. The number of rotatable bonds is 0. The van der Waals surface area contributed by atoms with Gasteiger partial charge in [0.1, 0.15) is 6.17 Å². The van der Waals surface area contributed by atoms with Crippen molar-refractivity contribution in [3.8, 4) is 0 Å². The highest BCUT2D eigenvalue weighted by Gasteiger charge is 2.21. The molecule has 0 spiro atoms. The van der Waals surface area contributed by atoms with E-state index in [1.807, 2.05) is 6.92 Å². The van der Waals surface area contributed by atoms with Gasteiger partial charge in [-0.3, -0.25) is 5.84 Å². The summed E-state index contributed by atoms with van der Waals surface area (Å²) >= 11 is 0. The summed E-state index contributed by atoms with van der Waals surface area (Å²) in [6.07, 6.45) is -0.0352. The van der Waals surface area contributed by atoms with Crippen LogP contribution < -0.4 is 5.84 Å². The SMILES string of the molecule is C[C@H]1C[C@H](F)CN(N)C1. The van der Waals surface area contributed by atoms with E-state index >= 15 is 0 Å². The second-order valence-electron chi connectivity index (χ2n) is 2.89. The van der Waals surface area contributed by atoms with E-state index in [1.165, 1.54) is 0 Å². The van der Waals surface area contributed by atoms with E-state index in [4.69, 9.17) is 5.84 Å². The molecule has 54 valence electrons. The Morgan fingerprint density at radius 1 is 1.56 bits per heavy atom. The molecule has 9 heavy (non-hydrogen) atoms. The van der Waals surface area contributed by atoms with Crippen LogP contribution in [-0.2, 0) is 0 Å². The highest BCUT2D eigenvalue weighted by Crippen LogP contribution is 2.15. The highest BCUT2D eigenvalue weighted by atomic mass is 19.1. The molecule has 2 nitrogen and oxygen atoms in total. The number of halogens is 1. The largest absolute Gasteiger partial charge is 0.269 e. The number of hydrogen-bond donors (Lipinski definition) is 1. The molecule has 0 aromatic heterocycles. The number of hydrogen-bond acceptors (Lipinski definition) is 2. The molecule has 1 fully saturated rings. The van der Waals surface area contributed by atoms with Gasteiger partial charge in [-0.2, -0.15) is 0 Å². The van der Waals surface area contributed by atoms with E-state index < -0.39 is 6.17 Å². The van der Waals surface area contributed by atoms with Crippen molar-refractivity contribution in [2.75, 3.05) is 13.1 Å². The van der Waals surface area contributed by atoms with Crippen LogP contribution in [0.4, 0.5) is 4.39 Å². The van der Waals surface area contributed by atoms with Crippen LogP contribution >= 0.6 is 0 Å². The third-order valence-corrected chi connectivity index (χ3v) is 1.64. The topological polar surface area (TPSA) is 29.3 Å². The van der Waals surface area contributed by atoms with E-state index in [2.05, 4.69) is 0 Å². The molecule has 1 saturated heterocycles. The minimum absolute atomic E-state index is 0.407. The summed E-state index contributed by atoms with van der Waals surface area (Å²) in [5.41, 5.74) is 0. The Labute approximate surface area is 54.8 Å². The van der Waals surface area contributed by atoms with Crippen LogP contribution in [0.5, 0.6) is 0 Å². The first-order valence-corrected chi connectivity index (χ1v) is 3.32. The quantitative estimate of drug-likeness (QED) is 0.487. The van der Waals surface area contributed by atoms with Crippen molar-refractivity contribution in [2.24, 2.45) is 11.8 Å². The van der Waals surface area contributed by atoms with Gasteiger partial charge in [0, 0.05) is 13.1 Å². The summed E-state index contributed by atoms with van der Waals surface area (Å²) < 4.78 is 12.6. The predicted molar refractivity (Wildman–Crippen MR) is 34.4 cm³/mol. The zero-order valence-electron chi connectivity index (χ0n) is 5.68. The molecule has 1 aliphatic heterocycles. The van der Waals surface area contributed by atoms with Crippen LogP contribution in [0.3, 0.4) is 0 Å². The van der Waals surface area contributed by atoms with E-state index in [1.54, 1.807) is 5.01 Å². The fourth-order valence-electron chi connectivity index (χ4n) is 1.31. The van der Waals surface area contributed by atoms with E-state index in [-0.39, 0.29) is 0 Å². The summed E-state index contributed by atoms with van der Waals surface area (Å²) in [7, 11) is 0. The molecule has 0 aliphatic carbocycles. The summed E-state index contributed by atoms with van der Waals surface area (Å²) in [5, 5.41) is 1.55. The Kier molecular flexibility index (Phi) is 2.03. The van der Waals surface area contributed by atoms with Crippen LogP contribution in [0.15, 0.2) is 0 Å². The molecule has 3 heteroatoms. The normalized spacial score (nSPS) is 39.0. The van der Waals surface area contributed by atoms with Gasteiger partial charge in [-0.1, -0.05) is 6.92 Å². The zero-order valence-corrected chi connectivity index (χ0v) is 5.68. The monoisotopic (exact) mass is 132 g/mol. The van der Waals surface area contributed by atoms with Crippen LogP contribution in [0.2, 0.25) is 0 Å². The standard InChI is InChI=1S/C6H13FN2/c1-5-2-6(7)4-9(8)3-5/h5-6H,2-4,8H2,1H3/t5-,6-/m0/s1. The molecular weight excluding hydrogens is 119 g/mol. The van der Waals surface area contributed by atoms with Gasteiger partial charge in [-0.05, 0) is 12.3 Å². The van der Waals surface area contributed by atoms with Crippen molar-refractivity contribution in [3.63, 3.8) is 0 Å². The average molecular weight is 132 g/mol. The lowest BCUT2D eigenvalue weighted by molar-refractivity contribution is 0.104. The van der Waals surface area contributed by atoms with Gasteiger partial charge in [0.2, 0.25) is 0 Å². The molecule has 1 aliphatic rings. The van der Waals surface area contributed by atoms with Crippen LogP contribution in [-0.4, -0.2) is 24.3 Å². The molecule has 2 N–H and O–H groups in total. The van der Waals surface area contributed by atoms with Gasteiger partial charge in [0.05, 0.1) is 0 Å². The molecule has 0 amide bonds. The first-order valence-electron chi connectivity index (χ1n) is 3.32. The smallest absolute Gasteiger partial charge is 0.114 e. The molecule has 0 radical (unpaired) electrons. The minimum atomic E-state index is -0.709. The molecule has 2 atom stereocenters. The molecule has 0 saturated carbocycles. The van der Waals surface area contributed by atoms with Crippen molar-refractivity contribution in [2.45, 2.75) is 19.5 Å². The van der Waals surface area contributed by atoms with Crippen molar-refractivity contribution < 1.29 is 4.39 Å². The molecule has 1 heterocycles. The maximum absolute atomic E-state index is 12.6. The van der Waals surface area contributed by atoms with Gasteiger partial charge in [-0.15, -0.1) is 0 Å². The molecule has 0 aromatic rings. The molecule has 0 aromatic carbocycles. The number of alkyl halides is 1. The Hall–Kier alpha value is -0.150. The average Bonchev–Trinajstić information content (AvgIpc) is 1.59. The lowest BCUT2D eigenvalue weighted by Crippen LogP contribution is -2.44. The maximum atomic E-state index is 12.6. The second kappa shape index (κ2) is 2.62. The molecule has 0 unspecified atom stereocenters. The van der Waals surface area contributed by atoms with Gasteiger partial charge in [-0.25, -0.2) is 9.40 Å². The molecular formula is C6H13FN2. The fraction of sp³-hybridized carbons (Fsp3) is 1.00. The second-order valence-corrected chi connectivity index (χ2v) is 2.89. The summed E-state index contributed by atoms with van der Waals surface area (Å²) in [6.45, 7) is 3.26. The molecule has 1 rings (SSSR count). The Balaban J connectivity index is 2.34. The van der Waals surface area contributed by atoms with Crippen molar-refractivity contribution in [1.82, 2.24) is 5.01 Å². The van der Waals surface area contributed by atoms with Crippen LogP contribution in [0.1, 0.15) is 13.3 Å². The summed E-state index contributed by atoms with van der Waals surface area (Å²) in [4.78, 5) is 0. The fourth-order valence-corrected chi connectivity index (χ4v) is 1.31. The Morgan fingerprint density at radius 2 is 2.22 bits per heavy atom. The third-order valence-electron chi connectivity index (χ3n) is 1.64. The van der Waals surface area contributed by atoms with Gasteiger partial charge >= 0.3 is 0 Å². The summed E-state index contributed by atoms with van der Waals surface area (Å²) in [6, 6.07) is 0. The van der Waals surface area contributed by atoms with E-state index in [0.29, 0.717) is 18.9 Å². The number of nitrogens with two attached hydrogens (primary N) is 1. The van der Waals surface area contributed by atoms with Gasteiger partial charge in [0.15, 0.2) is 0 Å². The highest BCUT2D eigenvalue weighted by molar-refractivity contribution is 4.72. The van der Waals surface area contributed by atoms with Crippen molar-refractivity contribution >= 4 is 0 Å². The Morgan fingerprint density at radius 3 is 2.67 bits per heavy atom. The molecule has 0 bridgehead atoms. The lowest BCUT2D eigenvalue weighted by atomic mass is 10.0. The van der Waals surface area contributed by atoms with E-state index in [0.717, 1.165) is 6.54 Å².